The third-order valence-corrected chi connectivity index (χ3v) is 5.46. The number of carbonyl (C=O) groups excluding carboxylic acids is 1. The van der Waals surface area contributed by atoms with E-state index in [-0.39, 0.29) is 18.2 Å². The van der Waals surface area contributed by atoms with Gasteiger partial charge in [0.05, 0.1) is 11.3 Å². The highest BCUT2D eigenvalue weighted by Crippen LogP contribution is 2.31. The monoisotopic (exact) mass is 383 g/mol. The number of hydrogen-bond donors (Lipinski definition) is 1. The Kier molecular flexibility index (Phi) is 5.34. The van der Waals surface area contributed by atoms with E-state index >= 15 is 0 Å². The number of carbonyl (C=O) groups is 1. The van der Waals surface area contributed by atoms with Gasteiger partial charge in [0.2, 0.25) is 5.91 Å². The minimum absolute atomic E-state index is 0.182. The number of rotatable bonds is 4. The highest BCUT2D eigenvalue weighted by atomic mass is 32.1. The van der Waals surface area contributed by atoms with Crippen LogP contribution in [0, 0.1) is 0 Å². The number of likely N-dealkylation sites (N-methyl/N-ethyl adjacent to an activating group) is 1. The number of fused-ring (bicyclic) bond motifs is 1. The molecule has 4 nitrogen and oxygen atoms in total. The van der Waals surface area contributed by atoms with Gasteiger partial charge in [-0.05, 0) is 30.7 Å². The molecule has 0 saturated carbocycles. The molecule has 140 valence electrons. The molecule has 0 fully saturated rings. The maximum Gasteiger partial charge on any atom is 0.416 e. The Morgan fingerprint density at radius 1 is 1.35 bits per heavy atom. The van der Waals surface area contributed by atoms with Crippen LogP contribution in [0.25, 0.3) is 0 Å². The quantitative estimate of drug-likeness (QED) is 0.857. The van der Waals surface area contributed by atoms with Gasteiger partial charge in [0.1, 0.15) is 0 Å². The number of nitrogens with one attached hydrogen (secondary N) is 1. The maximum atomic E-state index is 12.6. The summed E-state index contributed by atoms with van der Waals surface area (Å²) in [5, 5.41) is 3.41. The molecule has 26 heavy (non-hydrogen) atoms. The maximum absolute atomic E-state index is 12.6. The number of thiazole rings is 1. The standard InChI is InChI=1S/C18H20F3N3OS/c1-11(12-3-5-13(6-4-12)18(19,20)21)9-16(25)23-17-22-14-7-8-24(2)10-15(14)26-17/h3-6,11H,7-10H2,1-2H3,(H,22,23,25)/t11-/m0/s1. The molecule has 1 aromatic heterocycles. The third-order valence-electron chi connectivity index (χ3n) is 4.47. The van der Waals surface area contributed by atoms with E-state index < -0.39 is 11.7 Å². The summed E-state index contributed by atoms with van der Waals surface area (Å²) >= 11 is 1.49. The zero-order chi connectivity index (χ0) is 18.9. The zero-order valence-corrected chi connectivity index (χ0v) is 15.4. The summed E-state index contributed by atoms with van der Waals surface area (Å²) in [6, 6.07) is 4.96. The van der Waals surface area contributed by atoms with E-state index in [9.17, 15) is 18.0 Å². The van der Waals surface area contributed by atoms with E-state index in [1.807, 2.05) is 14.0 Å². The van der Waals surface area contributed by atoms with Crippen LogP contribution in [0.5, 0.6) is 0 Å². The van der Waals surface area contributed by atoms with Crippen LogP contribution >= 0.6 is 11.3 Å². The van der Waals surface area contributed by atoms with Gasteiger partial charge in [0.25, 0.3) is 0 Å². The highest BCUT2D eigenvalue weighted by Gasteiger charge is 2.30. The molecule has 0 unspecified atom stereocenters. The van der Waals surface area contributed by atoms with E-state index in [0.29, 0.717) is 10.7 Å². The first kappa shape index (κ1) is 18.8. The van der Waals surface area contributed by atoms with E-state index in [4.69, 9.17) is 0 Å². The number of aromatic nitrogens is 1. The van der Waals surface area contributed by atoms with Gasteiger partial charge in [0, 0.05) is 30.8 Å². The minimum atomic E-state index is -4.35. The van der Waals surface area contributed by atoms with Gasteiger partial charge in [-0.1, -0.05) is 19.1 Å². The van der Waals surface area contributed by atoms with Crippen LogP contribution in [-0.2, 0) is 23.9 Å². The van der Waals surface area contributed by atoms with Crippen molar-refractivity contribution in [3.63, 3.8) is 0 Å². The van der Waals surface area contributed by atoms with Crippen molar-refractivity contribution in [1.29, 1.82) is 0 Å². The number of alkyl halides is 3. The Balaban J connectivity index is 1.59. The Morgan fingerprint density at radius 2 is 2.04 bits per heavy atom. The summed E-state index contributed by atoms with van der Waals surface area (Å²) in [5.74, 6) is -0.366. The molecule has 0 bridgehead atoms. The summed E-state index contributed by atoms with van der Waals surface area (Å²) in [6.45, 7) is 3.61. The summed E-state index contributed by atoms with van der Waals surface area (Å²) in [6.07, 6.45) is -3.28. The summed E-state index contributed by atoms with van der Waals surface area (Å²) in [5.41, 5.74) is 1.06. The molecule has 3 rings (SSSR count). The number of anilines is 1. The molecule has 2 heterocycles. The SMILES string of the molecule is C[C@@H](CC(=O)Nc1nc2c(s1)CN(C)CC2)c1ccc(C(F)(F)F)cc1. The van der Waals surface area contributed by atoms with Crippen molar-refractivity contribution < 1.29 is 18.0 Å². The van der Waals surface area contributed by atoms with Gasteiger partial charge in [-0.25, -0.2) is 4.98 Å². The zero-order valence-electron chi connectivity index (χ0n) is 14.6. The van der Waals surface area contributed by atoms with Crippen LogP contribution in [0.3, 0.4) is 0 Å². The summed E-state index contributed by atoms with van der Waals surface area (Å²) < 4.78 is 37.9. The molecule has 1 amide bonds. The van der Waals surface area contributed by atoms with Gasteiger partial charge in [0.15, 0.2) is 5.13 Å². The number of benzene rings is 1. The molecule has 1 atom stereocenters. The Morgan fingerprint density at radius 3 is 2.69 bits per heavy atom. The van der Waals surface area contributed by atoms with Crippen molar-refractivity contribution in [3.8, 4) is 0 Å². The van der Waals surface area contributed by atoms with Gasteiger partial charge in [-0.3, -0.25) is 4.79 Å². The molecule has 1 aliphatic rings. The summed E-state index contributed by atoms with van der Waals surface area (Å²) in [4.78, 5) is 20.1. The van der Waals surface area contributed by atoms with Crippen molar-refractivity contribution in [2.45, 2.75) is 38.4 Å². The number of amides is 1. The lowest BCUT2D eigenvalue weighted by Gasteiger charge is -2.20. The Bertz CT molecular complexity index is 786. The van der Waals surface area contributed by atoms with Crippen LogP contribution < -0.4 is 5.32 Å². The predicted molar refractivity (Wildman–Crippen MR) is 95.3 cm³/mol. The second-order valence-corrected chi connectivity index (χ2v) is 7.73. The van der Waals surface area contributed by atoms with Gasteiger partial charge in [-0.15, -0.1) is 11.3 Å². The van der Waals surface area contributed by atoms with E-state index in [0.717, 1.165) is 37.3 Å². The van der Waals surface area contributed by atoms with Gasteiger partial charge < -0.3 is 10.2 Å². The van der Waals surface area contributed by atoms with Gasteiger partial charge in [-0.2, -0.15) is 13.2 Å². The lowest BCUT2D eigenvalue weighted by molar-refractivity contribution is -0.137. The molecule has 8 heteroatoms. The van der Waals surface area contributed by atoms with E-state index in [1.165, 1.54) is 28.3 Å². The first-order valence-corrected chi connectivity index (χ1v) is 9.18. The van der Waals surface area contributed by atoms with Crippen LogP contribution in [0.15, 0.2) is 24.3 Å². The van der Waals surface area contributed by atoms with Crippen LogP contribution in [0.2, 0.25) is 0 Å². The molecule has 0 saturated heterocycles. The van der Waals surface area contributed by atoms with Crippen molar-refractivity contribution >= 4 is 22.4 Å². The normalized spacial score (nSPS) is 16.2. The summed E-state index contributed by atoms with van der Waals surface area (Å²) in [7, 11) is 2.05. The molecule has 0 aliphatic carbocycles. The fraction of sp³-hybridized carbons (Fsp3) is 0.444. The highest BCUT2D eigenvalue weighted by molar-refractivity contribution is 7.15. The lowest BCUT2D eigenvalue weighted by atomic mass is 9.96. The van der Waals surface area contributed by atoms with Gasteiger partial charge >= 0.3 is 6.18 Å². The molecule has 1 N–H and O–H groups in total. The largest absolute Gasteiger partial charge is 0.416 e. The first-order chi connectivity index (χ1) is 12.2. The van der Waals surface area contributed by atoms with Crippen LogP contribution in [0.1, 0.15) is 41.0 Å². The van der Waals surface area contributed by atoms with Crippen molar-refractivity contribution in [3.05, 3.63) is 46.0 Å². The number of halogens is 3. The smallest absolute Gasteiger partial charge is 0.302 e. The predicted octanol–water partition coefficient (Wildman–Crippen LogP) is 4.28. The molecule has 0 radical (unpaired) electrons. The van der Waals surface area contributed by atoms with Crippen LogP contribution in [-0.4, -0.2) is 29.4 Å². The fourth-order valence-electron chi connectivity index (χ4n) is 2.94. The van der Waals surface area contributed by atoms with E-state index in [2.05, 4.69) is 15.2 Å². The second-order valence-electron chi connectivity index (χ2n) is 6.65. The first-order valence-electron chi connectivity index (χ1n) is 8.36. The molecule has 1 aromatic carbocycles. The molecular weight excluding hydrogens is 363 g/mol. The average molecular weight is 383 g/mol. The molecule has 0 spiro atoms. The molecular formula is C18H20F3N3OS. The Hall–Kier alpha value is -1.93. The average Bonchev–Trinajstić information content (AvgIpc) is 2.95. The van der Waals surface area contributed by atoms with E-state index in [1.54, 1.807) is 0 Å². The van der Waals surface area contributed by atoms with Crippen molar-refractivity contribution in [2.75, 3.05) is 18.9 Å². The van der Waals surface area contributed by atoms with Crippen LogP contribution in [0.4, 0.5) is 18.3 Å². The van der Waals surface area contributed by atoms with Crippen molar-refractivity contribution in [1.82, 2.24) is 9.88 Å². The third kappa shape index (κ3) is 4.42. The lowest BCUT2D eigenvalue weighted by Crippen LogP contribution is -2.25. The topological polar surface area (TPSA) is 45.2 Å². The minimum Gasteiger partial charge on any atom is -0.302 e. The molecule has 2 aromatic rings. The Labute approximate surface area is 154 Å². The number of hydrogen-bond acceptors (Lipinski definition) is 4. The fourth-order valence-corrected chi connectivity index (χ4v) is 4.05. The molecule has 1 aliphatic heterocycles. The second kappa shape index (κ2) is 7.36. The van der Waals surface area contributed by atoms with Crippen molar-refractivity contribution in [2.24, 2.45) is 0 Å². The number of nitrogens with zero attached hydrogens (tertiary/aromatic N) is 2.